The number of aryl methyl sites for hydroxylation is 1. The second-order valence-electron chi connectivity index (χ2n) is 7.72. The van der Waals surface area contributed by atoms with Crippen molar-refractivity contribution in [2.45, 2.75) is 38.8 Å². The molecular weight excluding hydrogens is 360 g/mol. The number of nitrogens with one attached hydrogen (secondary N) is 1. The number of fused-ring (bicyclic) bond motifs is 3. The average molecular weight is 386 g/mol. The topological polar surface area (TPSA) is 102 Å². The maximum atomic E-state index is 13.1. The van der Waals surface area contributed by atoms with Crippen molar-refractivity contribution in [3.63, 3.8) is 0 Å². The minimum absolute atomic E-state index is 0.197. The van der Waals surface area contributed by atoms with E-state index in [2.05, 4.69) is 41.1 Å². The Morgan fingerprint density at radius 1 is 1.25 bits per heavy atom. The van der Waals surface area contributed by atoms with E-state index in [1.165, 1.54) is 16.0 Å². The van der Waals surface area contributed by atoms with Gasteiger partial charge in [0.1, 0.15) is 25.0 Å². The molecule has 4 amide bonds. The SMILES string of the molecule is Cc1cccc(N2CCCN3C4C(=O)N(CC(N)=O)C(=O)N(C)C4NC23)c1C. The van der Waals surface area contributed by atoms with Crippen molar-refractivity contribution in [1.82, 2.24) is 20.0 Å². The first-order valence-electron chi connectivity index (χ1n) is 9.52. The lowest BCUT2D eigenvalue weighted by atomic mass is 10.1. The molecule has 9 nitrogen and oxygen atoms in total. The molecule has 3 atom stereocenters. The molecule has 3 fully saturated rings. The van der Waals surface area contributed by atoms with Crippen molar-refractivity contribution in [1.29, 1.82) is 0 Å². The van der Waals surface area contributed by atoms with Gasteiger partial charge in [-0.1, -0.05) is 12.1 Å². The molecule has 9 heteroatoms. The largest absolute Gasteiger partial charge is 0.368 e. The summed E-state index contributed by atoms with van der Waals surface area (Å²) in [7, 11) is 1.65. The van der Waals surface area contributed by atoms with E-state index in [4.69, 9.17) is 5.73 Å². The summed E-state index contributed by atoms with van der Waals surface area (Å²) in [5.74, 6) is -1.07. The summed E-state index contributed by atoms with van der Waals surface area (Å²) in [4.78, 5) is 43.9. The van der Waals surface area contributed by atoms with Gasteiger partial charge in [0.05, 0.1) is 0 Å². The van der Waals surface area contributed by atoms with E-state index in [1.54, 1.807) is 7.05 Å². The number of amides is 4. The molecule has 3 heterocycles. The lowest BCUT2D eigenvalue weighted by Gasteiger charge is -2.44. The zero-order valence-corrected chi connectivity index (χ0v) is 16.4. The number of rotatable bonds is 3. The van der Waals surface area contributed by atoms with E-state index < -0.39 is 30.7 Å². The smallest absolute Gasteiger partial charge is 0.328 e. The number of carbonyl (C=O) groups excluding carboxylic acids is 3. The van der Waals surface area contributed by atoms with Crippen LogP contribution >= 0.6 is 0 Å². The van der Waals surface area contributed by atoms with Crippen molar-refractivity contribution in [2.75, 3.05) is 31.6 Å². The fourth-order valence-electron chi connectivity index (χ4n) is 4.51. The van der Waals surface area contributed by atoms with Gasteiger partial charge in [-0.25, -0.2) is 4.79 Å². The molecule has 0 aliphatic carbocycles. The van der Waals surface area contributed by atoms with E-state index in [-0.39, 0.29) is 12.2 Å². The van der Waals surface area contributed by atoms with Crippen molar-refractivity contribution < 1.29 is 14.4 Å². The van der Waals surface area contributed by atoms with Crippen LogP contribution in [0.5, 0.6) is 0 Å². The standard InChI is InChI=1S/C19H26N6O3/c1-11-6-4-7-13(12(11)2)23-8-5-9-24-15-16(21-18(23)24)22(3)19(28)25(17(15)27)10-14(20)26/h4,6-7,15-16,18,21H,5,8-10H2,1-3H3,(H2,20,26). The summed E-state index contributed by atoms with van der Waals surface area (Å²) in [6.45, 7) is 5.37. The first kappa shape index (κ1) is 18.7. The van der Waals surface area contributed by atoms with Gasteiger partial charge in [0, 0.05) is 25.8 Å². The zero-order valence-electron chi connectivity index (χ0n) is 16.4. The molecule has 28 heavy (non-hydrogen) atoms. The molecule has 3 aliphatic heterocycles. The minimum atomic E-state index is -0.702. The molecule has 3 saturated heterocycles. The molecule has 3 N–H and O–H groups in total. The second-order valence-corrected chi connectivity index (χ2v) is 7.72. The Bertz CT molecular complexity index is 843. The highest BCUT2D eigenvalue weighted by molar-refractivity contribution is 6.03. The van der Waals surface area contributed by atoms with Crippen molar-refractivity contribution in [3.8, 4) is 0 Å². The Balaban J connectivity index is 1.68. The molecule has 4 rings (SSSR count). The van der Waals surface area contributed by atoms with E-state index in [0.29, 0.717) is 0 Å². The molecule has 1 aromatic rings. The molecule has 0 aromatic heterocycles. The monoisotopic (exact) mass is 386 g/mol. The van der Waals surface area contributed by atoms with Gasteiger partial charge in [-0.05, 0) is 37.5 Å². The highest BCUT2D eigenvalue weighted by Gasteiger charge is 2.56. The van der Waals surface area contributed by atoms with E-state index in [0.717, 1.165) is 30.1 Å². The van der Waals surface area contributed by atoms with Crippen LogP contribution in [0.25, 0.3) is 0 Å². The summed E-state index contributed by atoms with van der Waals surface area (Å²) in [6, 6.07) is 5.16. The number of hydrogen-bond acceptors (Lipinski definition) is 6. The fraction of sp³-hybridized carbons (Fsp3) is 0.526. The third kappa shape index (κ3) is 2.73. The minimum Gasteiger partial charge on any atom is -0.368 e. The molecule has 0 saturated carbocycles. The van der Waals surface area contributed by atoms with Crippen molar-refractivity contribution >= 4 is 23.5 Å². The number of likely N-dealkylation sites (N-methyl/N-ethyl adjacent to an activating group) is 1. The number of hydrogen-bond donors (Lipinski definition) is 2. The Morgan fingerprint density at radius 2 is 2.00 bits per heavy atom. The third-order valence-electron chi connectivity index (χ3n) is 6.07. The Hall–Kier alpha value is -2.65. The fourth-order valence-corrected chi connectivity index (χ4v) is 4.51. The van der Waals surface area contributed by atoms with Gasteiger partial charge in [0.25, 0.3) is 5.91 Å². The number of benzene rings is 1. The maximum Gasteiger partial charge on any atom is 0.328 e. The number of nitrogens with two attached hydrogens (primary N) is 1. The van der Waals surface area contributed by atoms with Gasteiger partial charge in [-0.3, -0.25) is 24.7 Å². The predicted octanol–water partition coefficient (Wildman–Crippen LogP) is -0.224. The van der Waals surface area contributed by atoms with Gasteiger partial charge in [-0.15, -0.1) is 0 Å². The van der Waals surface area contributed by atoms with Gasteiger partial charge >= 0.3 is 6.03 Å². The summed E-state index contributed by atoms with van der Waals surface area (Å²) in [5.41, 5.74) is 8.78. The van der Waals surface area contributed by atoms with E-state index in [1.807, 2.05) is 6.07 Å². The summed E-state index contributed by atoms with van der Waals surface area (Å²) >= 11 is 0. The molecule has 0 radical (unpaired) electrons. The first-order valence-corrected chi connectivity index (χ1v) is 9.52. The number of nitrogens with zero attached hydrogens (tertiary/aromatic N) is 4. The highest BCUT2D eigenvalue weighted by atomic mass is 16.2. The van der Waals surface area contributed by atoms with Crippen LogP contribution in [0.15, 0.2) is 18.2 Å². The predicted molar refractivity (Wildman–Crippen MR) is 103 cm³/mol. The summed E-state index contributed by atoms with van der Waals surface area (Å²) in [5, 5.41) is 3.47. The lowest BCUT2D eigenvalue weighted by Crippen LogP contribution is -2.67. The van der Waals surface area contributed by atoms with Gasteiger partial charge in [0.15, 0.2) is 0 Å². The normalized spacial score (nSPS) is 27.8. The van der Waals surface area contributed by atoms with Crippen LogP contribution in [0.2, 0.25) is 0 Å². The Labute approximate surface area is 164 Å². The zero-order chi connectivity index (χ0) is 20.2. The van der Waals surface area contributed by atoms with Crippen LogP contribution in [-0.4, -0.2) is 77.7 Å². The molecule has 3 aliphatic rings. The average Bonchev–Trinajstić information content (AvgIpc) is 3.05. The van der Waals surface area contributed by atoms with Gasteiger partial charge in [-0.2, -0.15) is 0 Å². The highest BCUT2D eigenvalue weighted by Crippen LogP contribution is 2.34. The van der Waals surface area contributed by atoms with Crippen LogP contribution in [0.3, 0.4) is 0 Å². The molecule has 0 spiro atoms. The van der Waals surface area contributed by atoms with Crippen LogP contribution in [0, 0.1) is 13.8 Å². The number of carbonyl (C=O) groups is 3. The molecule has 0 bridgehead atoms. The number of imide groups is 1. The van der Waals surface area contributed by atoms with E-state index >= 15 is 0 Å². The van der Waals surface area contributed by atoms with Crippen LogP contribution in [0.1, 0.15) is 17.5 Å². The van der Waals surface area contributed by atoms with Crippen LogP contribution in [0.4, 0.5) is 10.5 Å². The van der Waals surface area contributed by atoms with Crippen molar-refractivity contribution in [2.24, 2.45) is 5.73 Å². The summed E-state index contributed by atoms with van der Waals surface area (Å²) < 4.78 is 0. The summed E-state index contributed by atoms with van der Waals surface area (Å²) in [6.07, 6.45) is 0.257. The third-order valence-corrected chi connectivity index (χ3v) is 6.07. The molecule has 3 unspecified atom stereocenters. The lowest BCUT2D eigenvalue weighted by molar-refractivity contribution is -0.141. The molecule has 1 aromatic carbocycles. The van der Waals surface area contributed by atoms with Gasteiger partial charge < -0.3 is 15.5 Å². The molecular formula is C19H26N6O3. The number of urea groups is 1. The van der Waals surface area contributed by atoms with Crippen molar-refractivity contribution in [3.05, 3.63) is 29.3 Å². The number of primary amides is 1. The quantitative estimate of drug-likeness (QED) is 0.745. The van der Waals surface area contributed by atoms with E-state index in [9.17, 15) is 14.4 Å². The van der Waals surface area contributed by atoms with Crippen LogP contribution < -0.4 is 16.0 Å². The second kappa shape index (κ2) is 6.75. The first-order chi connectivity index (χ1) is 13.3. The van der Waals surface area contributed by atoms with Gasteiger partial charge in [0.2, 0.25) is 5.91 Å². The van der Waals surface area contributed by atoms with Crippen LogP contribution in [-0.2, 0) is 9.59 Å². The molecule has 150 valence electrons. The Morgan fingerprint density at radius 3 is 2.71 bits per heavy atom. The maximum absolute atomic E-state index is 13.1. The Kier molecular flexibility index (Phi) is 4.51. The number of anilines is 1.